The molecule has 0 aliphatic rings. The van der Waals surface area contributed by atoms with Crippen molar-refractivity contribution in [3.63, 3.8) is 0 Å². The Bertz CT molecular complexity index is 767. The molecule has 0 fully saturated rings. The second-order valence-electron chi connectivity index (χ2n) is 9.26. The van der Waals surface area contributed by atoms with E-state index in [4.69, 9.17) is 4.74 Å². The Morgan fingerprint density at radius 3 is 1.76 bits per heavy atom. The Morgan fingerprint density at radius 2 is 1.21 bits per heavy atom. The SMILES string of the molecule is CCCCCCCCC(CCCCCC)COc1ccc(C(=O)c2ccc(NC)cc2)cc1. The van der Waals surface area contributed by atoms with Crippen molar-refractivity contribution < 1.29 is 9.53 Å². The Hall–Kier alpha value is -2.29. The molecule has 0 aromatic heterocycles. The van der Waals surface area contributed by atoms with Crippen LogP contribution in [0.3, 0.4) is 0 Å². The Labute approximate surface area is 202 Å². The molecular formula is C30H45NO2. The highest BCUT2D eigenvalue weighted by Crippen LogP contribution is 2.22. The minimum atomic E-state index is 0.0427. The normalized spacial score (nSPS) is 11.8. The number of anilines is 1. The lowest BCUT2D eigenvalue weighted by molar-refractivity contribution is 0.103. The highest BCUT2D eigenvalue weighted by molar-refractivity contribution is 6.09. The number of ether oxygens (including phenoxy) is 1. The van der Waals surface area contributed by atoms with Crippen molar-refractivity contribution >= 4 is 11.5 Å². The molecule has 1 N–H and O–H groups in total. The second-order valence-corrected chi connectivity index (χ2v) is 9.26. The van der Waals surface area contributed by atoms with Gasteiger partial charge in [0.25, 0.3) is 0 Å². The molecule has 1 atom stereocenters. The quantitative estimate of drug-likeness (QED) is 0.182. The van der Waals surface area contributed by atoms with E-state index in [2.05, 4.69) is 19.2 Å². The molecule has 3 nitrogen and oxygen atoms in total. The Morgan fingerprint density at radius 1 is 0.727 bits per heavy atom. The standard InChI is InChI=1S/C30H45NO2/c1-4-6-8-10-11-13-15-25(14-12-9-7-5-2)24-33-29-22-18-27(19-23-29)30(32)26-16-20-28(31-3)21-17-26/h16-23,25,31H,4-15,24H2,1-3H3. The van der Waals surface area contributed by atoms with Gasteiger partial charge in [0.1, 0.15) is 5.75 Å². The first kappa shape index (κ1) is 27.0. The molecule has 0 aliphatic heterocycles. The third-order valence-corrected chi connectivity index (χ3v) is 6.47. The first-order valence-electron chi connectivity index (χ1n) is 13.2. The summed E-state index contributed by atoms with van der Waals surface area (Å²) in [5.74, 6) is 1.53. The van der Waals surface area contributed by atoms with Crippen molar-refractivity contribution in [2.24, 2.45) is 5.92 Å². The molecule has 0 heterocycles. The number of ketones is 1. The van der Waals surface area contributed by atoms with Crippen LogP contribution < -0.4 is 10.1 Å². The van der Waals surface area contributed by atoms with Crippen LogP contribution in [0, 0.1) is 5.92 Å². The van der Waals surface area contributed by atoms with Gasteiger partial charge in [0.2, 0.25) is 0 Å². The van der Waals surface area contributed by atoms with Crippen molar-refractivity contribution in [1.82, 2.24) is 0 Å². The Balaban J connectivity index is 1.84. The molecule has 0 bridgehead atoms. The number of carbonyl (C=O) groups excluding carboxylic acids is 1. The van der Waals surface area contributed by atoms with Crippen LogP contribution in [0.15, 0.2) is 48.5 Å². The maximum absolute atomic E-state index is 12.7. The summed E-state index contributed by atoms with van der Waals surface area (Å²) in [5.41, 5.74) is 2.40. The van der Waals surface area contributed by atoms with Gasteiger partial charge in [-0.1, -0.05) is 78.1 Å². The zero-order chi connectivity index (χ0) is 23.7. The van der Waals surface area contributed by atoms with E-state index in [1.165, 1.54) is 77.0 Å². The van der Waals surface area contributed by atoms with Crippen LogP contribution in [-0.4, -0.2) is 19.4 Å². The van der Waals surface area contributed by atoms with Crippen LogP contribution in [0.2, 0.25) is 0 Å². The highest BCUT2D eigenvalue weighted by Gasteiger charge is 2.12. The van der Waals surface area contributed by atoms with E-state index in [1.54, 1.807) is 0 Å². The predicted molar refractivity (Wildman–Crippen MR) is 142 cm³/mol. The largest absolute Gasteiger partial charge is 0.493 e. The lowest BCUT2D eigenvalue weighted by atomic mass is 9.95. The zero-order valence-electron chi connectivity index (χ0n) is 21.2. The summed E-state index contributed by atoms with van der Waals surface area (Å²) in [7, 11) is 1.87. The van der Waals surface area contributed by atoms with E-state index in [1.807, 2.05) is 55.6 Å². The lowest BCUT2D eigenvalue weighted by Gasteiger charge is -2.18. The van der Waals surface area contributed by atoms with Gasteiger partial charge in [-0.15, -0.1) is 0 Å². The van der Waals surface area contributed by atoms with Crippen LogP contribution >= 0.6 is 0 Å². The lowest BCUT2D eigenvalue weighted by Crippen LogP contribution is -2.12. The van der Waals surface area contributed by atoms with Crippen molar-refractivity contribution in [2.75, 3.05) is 19.0 Å². The van der Waals surface area contributed by atoms with Gasteiger partial charge in [0.05, 0.1) is 6.61 Å². The molecule has 0 amide bonds. The van der Waals surface area contributed by atoms with Gasteiger partial charge < -0.3 is 10.1 Å². The predicted octanol–water partition coefficient (Wildman–Crippen LogP) is 8.68. The average Bonchev–Trinajstić information content (AvgIpc) is 2.86. The van der Waals surface area contributed by atoms with Crippen LogP contribution in [0.25, 0.3) is 0 Å². The van der Waals surface area contributed by atoms with Crippen LogP contribution in [0.5, 0.6) is 5.75 Å². The molecule has 2 aromatic rings. The molecular weight excluding hydrogens is 406 g/mol. The van der Waals surface area contributed by atoms with Gasteiger partial charge in [-0.25, -0.2) is 0 Å². The summed E-state index contributed by atoms with van der Waals surface area (Å²) >= 11 is 0. The minimum absolute atomic E-state index is 0.0427. The molecule has 2 rings (SSSR count). The van der Waals surface area contributed by atoms with Crippen molar-refractivity contribution in [3.8, 4) is 5.75 Å². The number of benzene rings is 2. The number of carbonyl (C=O) groups is 1. The van der Waals surface area contributed by atoms with Gasteiger partial charge in [-0.3, -0.25) is 4.79 Å². The fourth-order valence-electron chi connectivity index (χ4n) is 4.26. The summed E-state index contributed by atoms with van der Waals surface area (Å²) in [6.07, 6.45) is 15.8. The van der Waals surface area contributed by atoms with Crippen molar-refractivity contribution in [2.45, 2.75) is 90.9 Å². The van der Waals surface area contributed by atoms with Gasteiger partial charge >= 0.3 is 0 Å². The van der Waals surface area contributed by atoms with E-state index < -0.39 is 0 Å². The third-order valence-electron chi connectivity index (χ3n) is 6.47. The van der Waals surface area contributed by atoms with Crippen LogP contribution in [0.4, 0.5) is 5.69 Å². The fraction of sp³-hybridized carbons (Fsp3) is 0.567. The summed E-state index contributed by atoms with van der Waals surface area (Å²) < 4.78 is 6.17. The molecule has 1 unspecified atom stereocenters. The number of hydrogen-bond donors (Lipinski definition) is 1. The molecule has 2 aromatic carbocycles. The first-order chi connectivity index (χ1) is 16.2. The van der Waals surface area contributed by atoms with Crippen molar-refractivity contribution in [3.05, 3.63) is 59.7 Å². The topological polar surface area (TPSA) is 38.3 Å². The maximum atomic E-state index is 12.7. The molecule has 182 valence electrons. The number of rotatable bonds is 18. The van der Waals surface area contributed by atoms with Gasteiger partial charge in [-0.2, -0.15) is 0 Å². The Kier molecular flexibility index (Phi) is 13.4. The number of unbranched alkanes of at least 4 members (excludes halogenated alkanes) is 8. The second kappa shape index (κ2) is 16.3. The molecule has 0 aliphatic carbocycles. The molecule has 0 saturated heterocycles. The van der Waals surface area contributed by atoms with Crippen molar-refractivity contribution in [1.29, 1.82) is 0 Å². The molecule has 0 radical (unpaired) electrons. The summed E-state index contributed by atoms with van der Waals surface area (Å²) in [6.45, 7) is 5.32. The fourth-order valence-corrected chi connectivity index (χ4v) is 4.26. The average molecular weight is 452 g/mol. The molecule has 0 saturated carbocycles. The van der Waals surface area contributed by atoms with E-state index in [-0.39, 0.29) is 5.78 Å². The molecule has 0 spiro atoms. The van der Waals surface area contributed by atoms with Gasteiger partial charge in [0.15, 0.2) is 5.78 Å². The maximum Gasteiger partial charge on any atom is 0.193 e. The highest BCUT2D eigenvalue weighted by atomic mass is 16.5. The molecule has 33 heavy (non-hydrogen) atoms. The minimum Gasteiger partial charge on any atom is -0.493 e. The first-order valence-corrected chi connectivity index (χ1v) is 13.2. The number of hydrogen-bond acceptors (Lipinski definition) is 3. The smallest absolute Gasteiger partial charge is 0.193 e. The van der Waals surface area contributed by atoms with Crippen LogP contribution in [0.1, 0.15) is 107 Å². The zero-order valence-corrected chi connectivity index (χ0v) is 21.2. The summed E-state index contributed by atoms with van der Waals surface area (Å²) in [5, 5.41) is 3.08. The van der Waals surface area contributed by atoms with E-state index in [0.717, 1.165) is 18.0 Å². The van der Waals surface area contributed by atoms with E-state index in [0.29, 0.717) is 17.0 Å². The monoisotopic (exact) mass is 451 g/mol. The van der Waals surface area contributed by atoms with Crippen LogP contribution in [-0.2, 0) is 0 Å². The van der Waals surface area contributed by atoms with Gasteiger partial charge in [-0.05, 0) is 67.3 Å². The third kappa shape index (κ3) is 10.5. The summed E-state index contributed by atoms with van der Waals surface area (Å²) in [6, 6.07) is 15.2. The summed E-state index contributed by atoms with van der Waals surface area (Å²) in [4.78, 5) is 12.7. The van der Waals surface area contributed by atoms with Gasteiger partial charge in [0, 0.05) is 23.9 Å². The molecule has 3 heteroatoms. The van der Waals surface area contributed by atoms with E-state index >= 15 is 0 Å². The van der Waals surface area contributed by atoms with E-state index in [9.17, 15) is 4.79 Å². The number of nitrogens with one attached hydrogen (secondary N) is 1.